The molecule has 0 heterocycles. The zero-order valence-electron chi connectivity index (χ0n) is 8.80. The molecule has 0 radical (unpaired) electrons. The Morgan fingerprint density at radius 3 is 2.23 bits per heavy atom. The summed E-state index contributed by atoms with van der Waals surface area (Å²) in [5, 5.41) is 0. The Labute approximate surface area is 81.3 Å². The molecule has 0 saturated carbocycles. The summed E-state index contributed by atoms with van der Waals surface area (Å²) in [4.78, 5) is 0. The normalized spacial score (nSPS) is 12.5. The van der Waals surface area contributed by atoms with Crippen molar-refractivity contribution >= 4 is 5.57 Å². The summed E-state index contributed by atoms with van der Waals surface area (Å²) in [6.07, 6.45) is 1.20. The lowest BCUT2D eigenvalue weighted by Crippen LogP contribution is -1.90. The lowest BCUT2D eigenvalue weighted by Gasteiger charge is -2.09. The molecular weight excluding hydrogens is 156 g/mol. The minimum atomic E-state index is 0.666. The number of hydrogen-bond acceptors (Lipinski definition) is 0. The van der Waals surface area contributed by atoms with Crippen LogP contribution in [0.25, 0.3) is 5.57 Å². The average molecular weight is 174 g/mol. The van der Waals surface area contributed by atoms with Crippen molar-refractivity contribution in [3.05, 3.63) is 42.0 Å². The maximum atomic E-state index is 3.92. The van der Waals surface area contributed by atoms with E-state index in [1.54, 1.807) is 0 Å². The van der Waals surface area contributed by atoms with Gasteiger partial charge in [0.05, 0.1) is 0 Å². The Hall–Kier alpha value is -1.04. The Morgan fingerprint density at radius 2 is 1.85 bits per heavy atom. The summed E-state index contributed by atoms with van der Waals surface area (Å²) in [6.45, 7) is 10.4. The molecule has 0 amide bonds. The molecule has 0 aliphatic heterocycles. The van der Waals surface area contributed by atoms with Gasteiger partial charge in [-0.1, -0.05) is 50.3 Å². The summed E-state index contributed by atoms with van der Waals surface area (Å²) in [6, 6.07) is 8.73. The third-order valence-corrected chi connectivity index (χ3v) is 2.58. The first-order valence-electron chi connectivity index (χ1n) is 4.91. The van der Waals surface area contributed by atoms with E-state index in [9.17, 15) is 0 Å². The minimum absolute atomic E-state index is 0.666. The van der Waals surface area contributed by atoms with Crippen LogP contribution in [0.15, 0.2) is 30.8 Å². The molecule has 0 heteroatoms. The van der Waals surface area contributed by atoms with Gasteiger partial charge in [-0.3, -0.25) is 0 Å². The number of hydrogen-bond donors (Lipinski definition) is 0. The fraction of sp³-hybridized carbons (Fsp3) is 0.385. The van der Waals surface area contributed by atoms with Crippen molar-refractivity contribution in [2.24, 2.45) is 0 Å². The Balaban J connectivity index is 2.87. The molecule has 13 heavy (non-hydrogen) atoms. The van der Waals surface area contributed by atoms with Crippen LogP contribution in [0.5, 0.6) is 0 Å². The van der Waals surface area contributed by atoms with E-state index in [-0.39, 0.29) is 0 Å². The topological polar surface area (TPSA) is 0 Å². The molecule has 1 atom stereocenters. The number of rotatable bonds is 3. The van der Waals surface area contributed by atoms with E-state index in [1.165, 1.54) is 17.5 Å². The first-order valence-corrected chi connectivity index (χ1v) is 4.91. The Kier molecular flexibility index (Phi) is 3.30. The minimum Gasteiger partial charge on any atom is -0.0955 e. The maximum absolute atomic E-state index is 3.92. The fourth-order valence-corrected chi connectivity index (χ4v) is 1.33. The second-order valence-electron chi connectivity index (χ2n) is 3.71. The maximum Gasteiger partial charge on any atom is -0.0193 e. The van der Waals surface area contributed by atoms with Crippen molar-refractivity contribution in [2.45, 2.75) is 33.1 Å². The van der Waals surface area contributed by atoms with Crippen LogP contribution in [0.2, 0.25) is 0 Å². The van der Waals surface area contributed by atoms with Gasteiger partial charge in [-0.05, 0) is 30.4 Å². The molecule has 0 N–H and O–H groups in total. The highest BCUT2D eigenvalue weighted by molar-refractivity contribution is 5.61. The van der Waals surface area contributed by atoms with Crippen molar-refractivity contribution in [1.82, 2.24) is 0 Å². The van der Waals surface area contributed by atoms with Gasteiger partial charge < -0.3 is 0 Å². The summed E-state index contributed by atoms with van der Waals surface area (Å²) >= 11 is 0. The fourth-order valence-electron chi connectivity index (χ4n) is 1.33. The molecule has 0 bridgehead atoms. The molecule has 70 valence electrons. The highest BCUT2D eigenvalue weighted by Crippen LogP contribution is 2.20. The van der Waals surface area contributed by atoms with Crippen molar-refractivity contribution in [1.29, 1.82) is 0 Å². The molecule has 1 unspecified atom stereocenters. The summed E-state index contributed by atoms with van der Waals surface area (Å²) in [7, 11) is 0. The van der Waals surface area contributed by atoms with Crippen LogP contribution in [0, 0.1) is 0 Å². The zero-order valence-corrected chi connectivity index (χ0v) is 8.80. The van der Waals surface area contributed by atoms with Crippen molar-refractivity contribution in [3.8, 4) is 0 Å². The van der Waals surface area contributed by atoms with E-state index in [0.29, 0.717) is 5.92 Å². The molecule has 0 saturated heterocycles. The van der Waals surface area contributed by atoms with Crippen molar-refractivity contribution in [2.75, 3.05) is 0 Å². The van der Waals surface area contributed by atoms with Crippen molar-refractivity contribution < 1.29 is 0 Å². The molecule has 0 fully saturated rings. The van der Waals surface area contributed by atoms with E-state index in [2.05, 4.69) is 44.7 Å². The molecule has 0 aliphatic rings. The molecule has 0 aromatic heterocycles. The Bertz CT molecular complexity index is 279. The summed E-state index contributed by atoms with van der Waals surface area (Å²) in [5.41, 5.74) is 3.80. The van der Waals surface area contributed by atoms with Gasteiger partial charge >= 0.3 is 0 Å². The second kappa shape index (κ2) is 4.27. The largest absolute Gasteiger partial charge is 0.0955 e. The van der Waals surface area contributed by atoms with Crippen LogP contribution >= 0.6 is 0 Å². The van der Waals surface area contributed by atoms with Gasteiger partial charge in [0.25, 0.3) is 0 Å². The molecule has 1 aromatic carbocycles. The van der Waals surface area contributed by atoms with Gasteiger partial charge in [0.2, 0.25) is 0 Å². The molecule has 0 nitrogen and oxygen atoms in total. The monoisotopic (exact) mass is 174 g/mol. The zero-order chi connectivity index (χ0) is 9.84. The molecule has 0 aliphatic carbocycles. The van der Waals surface area contributed by atoms with Gasteiger partial charge in [0, 0.05) is 0 Å². The van der Waals surface area contributed by atoms with Crippen LogP contribution in [-0.4, -0.2) is 0 Å². The first kappa shape index (κ1) is 10.0. The van der Waals surface area contributed by atoms with Gasteiger partial charge in [-0.15, -0.1) is 0 Å². The molecule has 1 rings (SSSR count). The van der Waals surface area contributed by atoms with Crippen LogP contribution in [0.1, 0.15) is 44.2 Å². The number of benzene rings is 1. The van der Waals surface area contributed by atoms with E-state index < -0.39 is 0 Å². The Morgan fingerprint density at radius 1 is 1.31 bits per heavy atom. The quantitative estimate of drug-likeness (QED) is 0.643. The van der Waals surface area contributed by atoms with Gasteiger partial charge in [-0.25, -0.2) is 0 Å². The predicted molar refractivity (Wildman–Crippen MR) is 59.9 cm³/mol. The first-order chi connectivity index (χ1) is 6.15. The molecule has 1 aromatic rings. The van der Waals surface area contributed by atoms with Crippen LogP contribution in [0.3, 0.4) is 0 Å². The molecule has 0 spiro atoms. The van der Waals surface area contributed by atoms with Crippen LogP contribution in [-0.2, 0) is 0 Å². The summed E-state index contributed by atoms with van der Waals surface area (Å²) < 4.78 is 0. The third kappa shape index (κ3) is 2.45. The summed E-state index contributed by atoms with van der Waals surface area (Å²) in [5.74, 6) is 0.666. The highest BCUT2D eigenvalue weighted by Gasteiger charge is 2.01. The second-order valence-corrected chi connectivity index (χ2v) is 3.71. The predicted octanol–water partition coefficient (Wildman–Crippen LogP) is 4.23. The smallest absolute Gasteiger partial charge is 0.0193 e. The third-order valence-electron chi connectivity index (χ3n) is 2.58. The van der Waals surface area contributed by atoms with Crippen LogP contribution < -0.4 is 0 Å². The van der Waals surface area contributed by atoms with E-state index >= 15 is 0 Å². The van der Waals surface area contributed by atoms with Gasteiger partial charge in [0.1, 0.15) is 0 Å². The standard InChI is InChI=1S/C13H18/c1-5-11(4)13-8-6-12(7-9-13)10(2)3/h6-9,11H,2,5H2,1,3-4H3. The SMILES string of the molecule is C=C(C)c1ccc(C(C)CC)cc1. The average Bonchev–Trinajstić information content (AvgIpc) is 2.17. The van der Waals surface area contributed by atoms with E-state index in [4.69, 9.17) is 0 Å². The molecular formula is C13H18. The lowest BCUT2D eigenvalue weighted by atomic mass is 9.96. The van der Waals surface area contributed by atoms with Gasteiger partial charge in [0.15, 0.2) is 0 Å². The van der Waals surface area contributed by atoms with Crippen LogP contribution in [0.4, 0.5) is 0 Å². The van der Waals surface area contributed by atoms with E-state index in [1.807, 2.05) is 6.92 Å². The number of allylic oxidation sites excluding steroid dienone is 1. The lowest BCUT2D eigenvalue weighted by molar-refractivity contribution is 0.733. The van der Waals surface area contributed by atoms with Crippen molar-refractivity contribution in [3.63, 3.8) is 0 Å². The van der Waals surface area contributed by atoms with Gasteiger partial charge in [-0.2, -0.15) is 0 Å². The highest BCUT2D eigenvalue weighted by atomic mass is 14.1. The van der Waals surface area contributed by atoms with E-state index in [0.717, 1.165) is 5.57 Å².